The van der Waals surface area contributed by atoms with Gasteiger partial charge in [-0.2, -0.15) is 0 Å². The number of aryl methyl sites for hydroxylation is 2. The quantitative estimate of drug-likeness (QED) is 0.743. The molecule has 3 atom stereocenters. The van der Waals surface area contributed by atoms with Crippen LogP contribution in [0.2, 0.25) is 0 Å². The molecule has 0 bridgehead atoms. The largest absolute Gasteiger partial charge is 0.479 e. The molecule has 3 heterocycles. The molecule has 1 aromatic carbocycles. The van der Waals surface area contributed by atoms with Crippen LogP contribution in [0.5, 0.6) is 5.75 Å². The predicted octanol–water partition coefficient (Wildman–Crippen LogP) is 4.09. The van der Waals surface area contributed by atoms with Gasteiger partial charge < -0.3 is 19.0 Å². The van der Waals surface area contributed by atoms with Crippen LogP contribution in [0, 0.1) is 19.8 Å². The van der Waals surface area contributed by atoms with Gasteiger partial charge in [0.15, 0.2) is 17.5 Å². The second kappa shape index (κ2) is 6.33. The van der Waals surface area contributed by atoms with E-state index < -0.39 is 17.8 Å². The lowest BCUT2D eigenvalue weighted by Crippen LogP contribution is -2.52. The number of hydrogen-bond donors (Lipinski definition) is 1. The first-order valence-corrected chi connectivity index (χ1v) is 10.1. The maximum absolute atomic E-state index is 11.6. The fraction of sp³-hybridized carbons (Fsp3) is 0.435. The third-order valence-corrected chi connectivity index (χ3v) is 6.31. The van der Waals surface area contributed by atoms with Crippen molar-refractivity contribution >= 4 is 5.65 Å². The lowest BCUT2D eigenvalue weighted by molar-refractivity contribution is -0.185. The number of pyridine rings is 1. The van der Waals surface area contributed by atoms with Crippen LogP contribution in [-0.4, -0.2) is 27.2 Å². The first kappa shape index (κ1) is 17.7. The van der Waals surface area contributed by atoms with E-state index in [1.807, 2.05) is 50.4 Å². The Morgan fingerprint density at radius 1 is 1.21 bits per heavy atom. The average Bonchev–Trinajstić information content (AvgIpc) is 3.51. The summed E-state index contributed by atoms with van der Waals surface area (Å²) in [7, 11) is 0. The molecule has 5 nitrogen and oxygen atoms in total. The number of benzene rings is 1. The van der Waals surface area contributed by atoms with Gasteiger partial charge in [-0.3, -0.25) is 0 Å². The van der Waals surface area contributed by atoms with Crippen LogP contribution in [0.1, 0.15) is 48.4 Å². The summed E-state index contributed by atoms with van der Waals surface area (Å²) >= 11 is 0. The molecule has 5 rings (SSSR count). The van der Waals surface area contributed by atoms with Crippen molar-refractivity contribution in [3.05, 3.63) is 65.1 Å². The second-order valence-electron chi connectivity index (χ2n) is 7.93. The summed E-state index contributed by atoms with van der Waals surface area (Å²) in [6, 6.07) is 12.0. The Hall–Kier alpha value is -2.37. The fourth-order valence-corrected chi connectivity index (χ4v) is 4.70. The zero-order chi connectivity index (χ0) is 19.5. The van der Waals surface area contributed by atoms with Crippen molar-refractivity contribution < 1.29 is 14.6 Å². The summed E-state index contributed by atoms with van der Waals surface area (Å²) in [5, 5.41) is 11.6. The summed E-state index contributed by atoms with van der Waals surface area (Å²) in [6.07, 6.45) is 2.85. The number of imidazole rings is 1. The molecule has 146 valence electrons. The van der Waals surface area contributed by atoms with E-state index in [0.717, 1.165) is 46.8 Å². The molecule has 0 radical (unpaired) electrons. The summed E-state index contributed by atoms with van der Waals surface area (Å²) in [5.74, 6) is 1.02. The van der Waals surface area contributed by atoms with Crippen LogP contribution in [0.4, 0.5) is 0 Å². The zero-order valence-electron chi connectivity index (χ0n) is 16.6. The van der Waals surface area contributed by atoms with E-state index >= 15 is 0 Å². The van der Waals surface area contributed by atoms with E-state index in [0.29, 0.717) is 6.61 Å². The first-order valence-electron chi connectivity index (χ1n) is 10.1. The lowest BCUT2D eigenvalue weighted by atomic mass is 9.77. The highest BCUT2D eigenvalue weighted by Gasteiger charge is 2.59. The van der Waals surface area contributed by atoms with Gasteiger partial charge in [0.1, 0.15) is 11.7 Å². The molecule has 2 unspecified atom stereocenters. The van der Waals surface area contributed by atoms with Crippen molar-refractivity contribution in [2.75, 3.05) is 6.61 Å². The normalized spacial score (nSPS) is 26.9. The van der Waals surface area contributed by atoms with Gasteiger partial charge >= 0.3 is 0 Å². The molecule has 1 saturated carbocycles. The SMILES string of the molecule is CCOC1(C2CC2)c2ccn3c(C)c(C)nc3c2O[C@H](c2ccccc2)C1O. The van der Waals surface area contributed by atoms with Gasteiger partial charge in [-0.25, -0.2) is 4.98 Å². The van der Waals surface area contributed by atoms with Crippen LogP contribution >= 0.6 is 0 Å². The number of ether oxygens (including phenoxy) is 2. The van der Waals surface area contributed by atoms with E-state index in [2.05, 4.69) is 17.4 Å². The maximum atomic E-state index is 11.6. The minimum absolute atomic E-state index is 0.288. The van der Waals surface area contributed by atoms with Gasteiger partial charge in [-0.1, -0.05) is 30.3 Å². The molecule has 1 N–H and O–H groups in total. The molecule has 1 fully saturated rings. The van der Waals surface area contributed by atoms with Gasteiger partial charge in [0, 0.05) is 24.1 Å². The standard InChI is InChI=1S/C23H26N2O3/c1-4-27-23(17-10-11-17)18-12-13-25-15(3)14(2)24-22(25)20(18)28-19(21(23)26)16-8-6-5-7-9-16/h5-9,12-13,17,19,21,26H,4,10-11H2,1-3H3/t19-,21?,23?/m1/s1. The summed E-state index contributed by atoms with van der Waals surface area (Å²) < 4.78 is 14.9. The number of rotatable bonds is 4. The van der Waals surface area contributed by atoms with Crippen LogP contribution in [-0.2, 0) is 10.3 Å². The van der Waals surface area contributed by atoms with Gasteiger partial charge in [-0.05, 0) is 51.2 Å². The molecule has 28 heavy (non-hydrogen) atoms. The highest BCUT2D eigenvalue weighted by Crippen LogP contribution is 2.58. The number of aliphatic hydroxyl groups excluding tert-OH is 1. The van der Waals surface area contributed by atoms with Gasteiger partial charge in [0.2, 0.25) is 0 Å². The molecule has 0 saturated heterocycles. The molecule has 5 heteroatoms. The average molecular weight is 378 g/mol. The van der Waals surface area contributed by atoms with Crippen molar-refractivity contribution in [2.24, 2.45) is 5.92 Å². The molecule has 3 aromatic rings. The molecular weight excluding hydrogens is 352 g/mol. The molecular formula is C23H26N2O3. The van der Waals surface area contributed by atoms with Crippen molar-refractivity contribution in [3.8, 4) is 5.75 Å². The van der Waals surface area contributed by atoms with Crippen molar-refractivity contribution in [1.29, 1.82) is 0 Å². The maximum Gasteiger partial charge on any atom is 0.180 e. The number of fused-ring (bicyclic) bond motifs is 3. The Morgan fingerprint density at radius 3 is 2.64 bits per heavy atom. The Morgan fingerprint density at radius 2 is 1.96 bits per heavy atom. The van der Waals surface area contributed by atoms with Gasteiger partial charge in [0.25, 0.3) is 0 Å². The Balaban J connectivity index is 1.78. The van der Waals surface area contributed by atoms with Crippen LogP contribution in [0.15, 0.2) is 42.6 Å². The number of hydrogen-bond acceptors (Lipinski definition) is 4. The fourth-order valence-electron chi connectivity index (χ4n) is 4.70. The molecule has 2 aliphatic rings. The highest BCUT2D eigenvalue weighted by atomic mass is 16.5. The van der Waals surface area contributed by atoms with Gasteiger partial charge in [0.05, 0.1) is 5.69 Å². The monoisotopic (exact) mass is 378 g/mol. The summed E-state index contributed by atoms with van der Waals surface area (Å²) in [6.45, 7) is 6.60. The van der Waals surface area contributed by atoms with Crippen molar-refractivity contribution in [2.45, 2.75) is 51.4 Å². The molecule has 0 spiro atoms. The van der Waals surface area contributed by atoms with Gasteiger partial charge in [-0.15, -0.1) is 0 Å². The third kappa shape index (κ3) is 2.36. The minimum Gasteiger partial charge on any atom is -0.479 e. The van der Waals surface area contributed by atoms with E-state index in [1.165, 1.54) is 0 Å². The van der Waals surface area contributed by atoms with Crippen LogP contribution < -0.4 is 4.74 Å². The topological polar surface area (TPSA) is 56.0 Å². The van der Waals surface area contributed by atoms with Crippen LogP contribution in [0.3, 0.4) is 0 Å². The van der Waals surface area contributed by atoms with Crippen molar-refractivity contribution in [3.63, 3.8) is 0 Å². The smallest absolute Gasteiger partial charge is 0.180 e. The summed E-state index contributed by atoms with van der Waals surface area (Å²) in [5.41, 5.74) is 3.98. The number of aromatic nitrogens is 2. The first-order chi connectivity index (χ1) is 13.6. The predicted molar refractivity (Wildman–Crippen MR) is 107 cm³/mol. The molecule has 1 aliphatic carbocycles. The number of aliphatic hydroxyl groups is 1. The molecule has 1 aliphatic heterocycles. The van der Waals surface area contributed by atoms with Crippen molar-refractivity contribution in [1.82, 2.24) is 9.38 Å². The van der Waals surface area contributed by atoms with E-state index in [1.54, 1.807) is 0 Å². The second-order valence-corrected chi connectivity index (χ2v) is 7.93. The van der Waals surface area contributed by atoms with E-state index in [9.17, 15) is 5.11 Å². The Kier molecular flexibility index (Phi) is 4.00. The Labute approximate surface area is 164 Å². The van der Waals surface area contributed by atoms with E-state index in [4.69, 9.17) is 14.5 Å². The molecule has 2 aromatic heterocycles. The summed E-state index contributed by atoms with van der Waals surface area (Å²) in [4.78, 5) is 4.79. The van der Waals surface area contributed by atoms with E-state index in [-0.39, 0.29) is 5.92 Å². The lowest BCUT2D eigenvalue weighted by Gasteiger charge is -2.46. The molecule has 0 amide bonds. The highest BCUT2D eigenvalue weighted by molar-refractivity contribution is 5.63. The number of nitrogens with zero attached hydrogens (tertiary/aromatic N) is 2. The van der Waals surface area contributed by atoms with Crippen LogP contribution in [0.25, 0.3) is 5.65 Å². The zero-order valence-corrected chi connectivity index (χ0v) is 16.6. The minimum atomic E-state index is -0.783. The third-order valence-electron chi connectivity index (χ3n) is 6.31. The Bertz CT molecular complexity index is 1030.